The Hall–Kier alpha value is -8.74. The van der Waals surface area contributed by atoms with Gasteiger partial charge in [-0.1, -0.05) is 48.5 Å². The van der Waals surface area contributed by atoms with Gasteiger partial charge in [-0.3, -0.25) is 27.8 Å². The van der Waals surface area contributed by atoms with Crippen LogP contribution >= 0.6 is 0 Å². The SMILES string of the molecule is CCOc1cc(-c2ccc(N=Nc3c(S(=O)(=O)O)cc4cc(S(=O)(=O)O)cc(NC(=O)c5ccccc5)c4c3O)c(OCC)c2)ccc1N=Nc1c(S(=O)(=O)O)cc2cc(S(=O)(=O)O)cc(NC(=O)c3ccccc3)c2c1O. The molecule has 0 aliphatic heterocycles. The minimum atomic E-state index is -5.28. The average molecular weight is 1140 g/mol. The third kappa shape index (κ3) is 11.9. The highest BCUT2D eigenvalue weighted by Gasteiger charge is 2.29. The molecule has 8 aromatic rings. The second-order valence-electron chi connectivity index (χ2n) is 16.5. The number of carbonyl (C=O) groups is 2. The van der Waals surface area contributed by atoms with Crippen LogP contribution in [-0.4, -0.2) is 87.1 Å². The van der Waals surface area contributed by atoms with Gasteiger partial charge in [-0.15, -0.1) is 20.5 Å². The van der Waals surface area contributed by atoms with E-state index in [0.29, 0.717) is 11.1 Å². The number of hydrogen-bond acceptors (Lipinski definition) is 18. The van der Waals surface area contributed by atoms with E-state index in [-0.39, 0.29) is 68.8 Å². The van der Waals surface area contributed by atoms with E-state index in [1.165, 1.54) is 60.7 Å². The van der Waals surface area contributed by atoms with Crippen LogP contribution in [-0.2, 0) is 40.5 Å². The first-order chi connectivity index (χ1) is 36.8. The third-order valence-corrected chi connectivity index (χ3v) is 14.7. The van der Waals surface area contributed by atoms with Crippen molar-refractivity contribution in [2.75, 3.05) is 23.8 Å². The lowest BCUT2D eigenvalue weighted by molar-refractivity contribution is 0.101. The van der Waals surface area contributed by atoms with Crippen molar-refractivity contribution in [1.82, 2.24) is 0 Å². The average Bonchev–Trinajstić information content (AvgIpc) is 3.50. The maximum Gasteiger partial charge on any atom is 0.296 e. The van der Waals surface area contributed by atoms with Crippen LogP contribution in [0.3, 0.4) is 0 Å². The van der Waals surface area contributed by atoms with Crippen LogP contribution in [0, 0.1) is 0 Å². The van der Waals surface area contributed by atoms with Crippen molar-refractivity contribution in [3.05, 3.63) is 145 Å². The largest absolute Gasteiger partial charge is 0.505 e. The van der Waals surface area contributed by atoms with Crippen LogP contribution in [0.4, 0.5) is 34.1 Å². The number of phenols is 2. The Balaban J connectivity index is 1.18. The van der Waals surface area contributed by atoms with Gasteiger partial charge in [0.1, 0.15) is 44.0 Å². The molecule has 0 aliphatic rings. The zero-order valence-corrected chi connectivity index (χ0v) is 43.4. The molecule has 0 atom stereocenters. The normalized spacial score (nSPS) is 12.3. The zero-order chi connectivity index (χ0) is 56.5. The summed E-state index contributed by atoms with van der Waals surface area (Å²) in [6.45, 7) is 3.36. The van der Waals surface area contributed by atoms with Gasteiger partial charge in [0.25, 0.3) is 52.3 Å². The molecule has 0 unspecified atom stereocenters. The molecule has 8 rings (SSSR count). The number of ether oxygens (including phenoxy) is 2. The van der Waals surface area contributed by atoms with E-state index in [4.69, 9.17) is 9.47 Å². The second-order valence-corrected chi connectivity index (χ2v) is 22.1. The number of azo groups is 2. The molecular formula is C50H40N6O18S4. The molecule has 0 aromatic heterocycles. The van der Waals surface area contributed by atoms with Crippen LogP contribution in [0.1, 0.15) is 34.6 Å². The predicted octanol–water partition coefficient (Wildman–Crippen LogP) is 10.2. The van der Waals surface area contributed by atoms with Gasteiger partial charge in [-0.05, 0) is 121 Å². The number of fused-ring (bicyclic) bond motifs is 2. The fourth-order valence-corrected chi connectivity index (χ4v) is 10.3. The number of hydrogen-bond donors (Lipinski definition) is 8. The summed E-state index contributed by atoms with van der Waals surface area (Å²) in [5.74, 6) is -3.48. The monoisotopic (exact) mass is 1140 g/mol. The van der Waals surface area contributed by atoms with E-state index in [2.05, 4.69) is 31.1 Å². The van der Waals surface area contributed by atoms with Gasteiger partial charge in [0.15, 0.2) is 11.5 Å². The van der Waals surface area contributed by atoms with E-state index >= 15 is 0 Å². The first kappa shape index (κ1) is 55.5. The molecule has 2 amide bonds. The summed E-state index contributed by atoms with van der Waals surface area (Å²) in [5, 5.41) is 43.0. The van der Waals surface area contributed by atoms with Crippen LogP contribution in [0.2, 0.25) is 0 Å². The number of amides is 2. The molecule has 0 saturated carbocycles. The van der Waals surface area contributed by atoms with Gasteiger partial charge in [-0.25, -0.2) is 0 Å². The van der Waals surface area contributed by atoms with Crippen molar-refractivity contribution in [2.45, 2.75) is 33.4 Å². The maximum atomic E-state index is 13.2. The summed E-state index contributed by atoms with van der Waals surface area (Å²) in [5.41, 5.74) is -1.57. The highest BCUT2D eigenvalue weighted by atomic mass is 32.2. The number of rotatable bonds is 17. The van der Waals surface area contributed by atoms with Crippen molar-refractivity contribution in [3.63, 3.8) is 0 Å². The fourth-order valence-electron chi connectivity index (χ4n) is 7.87. The topological polar surface area (TPSA) is 384 Å². The van der Waals surface area contributed by atoms with Crippen molar-refractivity contribution in [1.29, 1.82) is 0 Å². The lowest BCUT2D eigenvalue weighted by Gasteiger charge is -2.15. The predicted molar refractivity (Wildman–Crippen MR) is 282 cm³/mol. The van der Waals surface area contributed by atoms with Gasteiger partial charge in [0.2, 0.25) is 0 Å². The molecule has 8 N–H and O–H groups in total. The first-order valence-corrected chi connectivity index (χ1v) is 28.2. The molecule has 78 heavy (non-hydrogen) atoms. The van der Waals surface area contributed by atoms with Crippen molar-refractivity contribution in [2.24, 2.45) is 20.5 Å². The van der Waals surface area contributed by atoms with Gasteiger partial charge < -0.3 is 30.3 Å². The lowest BCUT2D eigenvalue weighted by atomic mass is 10.0. The number of aromatic hydroxyl groups is 2. The van der Waals surface area contributed by atoms with Gasteiger partial charge in [0, 0.05) is 21.9 Å². The third-order valence-electron chi connectivity index (χ3n) is 11.3. The molecule has 402 valence electrons. The van der Waals surface area contributed by atoms with E-state index in [9.17, 15) is 71.7 Å². The Kier molecular flexibility index (Phi) is 15.4. The molecule has 0 fully saturated rings. The summed E-state index contributed by atoms with van der Waals surface area (Å²) in [6, 6.07) is 28.7. The van der Waals surface area contributed by atoms with Crippen molar-refractivity contribution in [3.8, 4) is 34.1 Å². The smallest absolute Gasteiger partial charge is 0.296 e. The number of nitrogens with one attached hydrogen (secondary N) is 2. The molecule has 28 heteroatoms. The molecule has 24 nitrogen and oxygen atoms in total. The number of phenolic OH excluding ortho intramolecular Hbond substituents is 2. The van der Waals surface area contributed by atoms with Gasteiger partial charge in [-0.2, -0.15) is 33.7 Å². The molecule has 0 heterocycles. The summed E-state index contributed by atoms with van der Waals surface area (Å²) in [4.78, 5) is 22.8. The summed E-state index contributed by atoms with van der Waals surface area (Å²) in [6.07, 6.45) is 0. The quantitative estimate of drug-likeness (QED) is 0.0310. The highest BCUT2D eigenvalue weighted by molar-refractivity contribution is 7.86. The van der Waals surface area contributed by atoms with Crippen LogP contribution in [0.25, 0.3) is 32.7 Å². The molecule has 0 aliphatic carbocycles. The number of nitrogens with zero attached hydrogens (tertiary/aromatic N) is 4. The Morgan fingerprint density at radius 2 is 0.821 bits per heavy atom. The molecule has 0 spiro atoms. The molecule has 0 radical (unpaired) electrons. The maximum absolute atomic E-state index is 13.2. The van der Waals surface area contributed by atoms with E-state index in [1.54, 1.807) is 50.2 Å². The highest BCUT2D eigenvalue weighted by Crippen LogP contribution is 2.48. The summed E-state index contributed by atoms with van der Waals surface area (Å²) in [7, 11) is -20.5. The Morgan fingerprint density at radius 3 is 1.14 bits per heavy atom. The fraction of sp³-hybridized carbons (Fsp3) is 0.0800. The minimum absolute atomic E-state index is 0.0373. The van der Waals surface area contributed by atoms with Gasteiger partial charge in [0.05, 0.1) is 34.4 Å². The Labute approximate surface area is 443 Å². The molecule has 0 bridgehead atoms. The first-order valence-electron chi connectivity index (χ1n) is 22.4. The van der Waals surface area contributed by atoms with Crippen molar-refractivity contribution >= 4 is 108 Å². The number of anilines is 2. The zero-order valence-electron chi connectivity index (χ0n) is 40.1. The van der Waals surface area contributed by atoms with Crippen LogP contribution in [0.5, 0.6) is 23.0 Å². The number of benzene rings is 8. The summed E-state index contributed by atoms with van der Waals surface area (Å²) < 4.78 is 152. The Morgan fingerprint density at radius 1 is 0.462 bits per heavy atom. The molecule has 8 aromatic carbocycles. The van der Waals surface area contributed by atoms with Gasteiger partial charge >= 0.3 is 0 Å². The van der Waals surface area contributed by atoms with E-state index in [0.717, 1.165) is 36.4 Å². The van der Waals surface area contributed by atoms with Crippen LogP contribution < -0.4 is 20.1 Å². The van der Waals surface area contributed by atoms with Crippen LogP contribution in [0.15, 0.2) is 173 Å². The van der Waals surface area contributed by atoms with E-state index < -0.39 is 106 Å². The standard InChI is InChI=1S/C50H40N6O18S4/c1-3-73-39-21-29(15-17-35(39)53-55-45-41(77(67,68)69)23-31-19-33(75(61,62)63)25-37(43(31)47(45)57)51-49(59)27-11-7-5-8-12-27)30-16-18-36(40(22-30)74-4-2)54-56-46-42(78(70,71)72)24-32-20-34(76(64,65)66)26-38(44(32)48(46)58)52-50(60)28-13-9-6-10-14-28/h5-26,57-58H,3-4H2,1-2H3,(H,51,59)(H,52,60)(H,61,62,63)(H,64,65,66)(H,67,68,69)(H,70,71,72). The second kappa shape index (κ2) is 21.7. The minimum Gasteiger partial charge on any atom is -0.505 e. The Bertz CT molecular complexity index is 4020. The molecular weight excluding hydrogens is 1100 g/mol. The lowest BCUT2D eigenvalue weighted by Crippen LogP contribution is -2.13. The molecule has 0 saturated heterocycles. The van der Waals surface area contributed by atoms with Crippen molar-refractivity contribution < 1.29 is 81.2 Å². The number of carbonyl (C=O) groups excluding carboxylic acids is 2. The summed E-state index contributed by atoms with van der Waals surface area (Å²) >= 11 is 0. The van der Waals surface area contributed by atoms with E-state index in [1.807, 2.05) is 0 Å².